The highest BCUT2D eigenvalue weighted by atomic mass is 35.5. The van der Waals surface area contributed by atoms with E-state index in [-0.39, 0.29) is 0 Å². The number of thiazole rings is 1. The summed E-state index contributed by atoms with van der Waals surface area (Å²) >= 11 is 9.43. The highest BCUT2D eigenvalue weighted by Crippen LogP contribution is 2.32. The third-order valence-electron chi connectivity index (χ3n) is 4.25. The van der Waals surface area contributed by atoms with Gasteiger partial charge >= 0.3 is 0 Å². The topological polar surface area (TPSA) is 56.5 Å². The van der Waals surface area contributed by atoms with Gasteiger partial charge in [-0.05, 0) is 47.5 Å². The molecule has 5 nitrogen and oxygen atoms in total. The molecule has 0 atom stereocenters. The number of rotatable bonds is 5. The Morgan fingerprint density at radius 1 is 1.11 bits per heavy atom. The lowest BCUT2D eigenvalue weighted by atomic mass is 10.1. The number of halogens is 1. The Kier molecular flexibility index (Phi) is 5.24. The first kappa shape index (κ1) is 18.2. The Bertz CT molecular complexity index is 1090. The van der Waals surface area contributed by atoms with Crippen LogP contribution in [0, 0.1) is 13.8 Å². The summed E-state index contributed by atoms with van der Waals surface area (Å²) in [4.78, 5) is 4.71. The van der Waals surface area contributed by atoms with Crippen LogP contribution in [0.2, 0.25) is 5.02 Å². The fourth-order valence-electron chi connectivity index (χ4n) is 2.66. The Labute approximate surface area is 170 Å². The van der Waals surface area contributed by atoms with Crippen molar-refractivity contribution in [1.29, 1.82) is 0 Å². The third-order valence-corrected chi connectivity index (χ3v) is 6.46. The summed E-state index contributed by atoms with van der Waals surface area (Å²) < 4.78 is 1.79. The third kappa shape index (κ3) is 3.76. The van der Waals surface area contributed by atoms with Gasteiger partial charge in [0.05, 0.1) is 16.4 Å². The summed E-state index contributed by atoms with van der Waals surface area (Å²) in [6.45, 7) is 4.17. The Hall–Kier alpha value is -2.22. The molecule has 0 aliphatic rings. The second-order valence-corrected chi connectivity index (χ2v) is 8.21. The predicted molar refractivity (Wildman–Crippen MR) is 111 cm³/mol. The minimum absolute atomic E-state index is 0.687. The van der Waals surface area contributed by atoms with E-state index in [0.717, 1.165) is 27.1 Å². The quantitative estimate of drug-likeness (QED) is 0.413. The first-order valence-electron chi connectivity index (χ1n) is 8.30. The minimum atomic E-state index is 0.687. The molecule has 0 fully saturated rings. The van der Waals surface area contributed by atoms with Crippen LogP contribution in [0.5, 0.6) is 0 Å². The molecule has 0 spiro atoms. The monoisotopic (exact) mass is 413 g/mol. The lowest BCUT2D eigenvalue weighted by Crippen LogP contribution is -2.02. The van der Waals surface area contributed by atoms with Crippen LogP contribution in [-0.4, -0.2) is 25.2 Å². The van der Waals surface area contributed by atoms with E-state index in [0.29, 0.717) is 10.8 Å². The maximum Gasteiger partial charge on any atom is 0.214 e. The van der Waals surface area contributed by atoms with Gasteiger partial charge in [0.1, 0.15) is 5.01 Å². The number of aromatic nitrogens is 5. The number of nitrogens with zero attached hydrogens (tertiary/aromatic N) is 5. The standard InChI is InChI=1S/C19H16ClN5S2/c1-12-6-5-9-17(13(12)2)25-19(22-23-24-25)27-11-14-10-26-18(21-14)15-7-3-4-8-16(15)20/h3-10H,11H2,1-2H3. The van der Waals surface area contributed by atoms with Gasteiger partial charge in [0.25, 0.3) is 0 Å². The van der Waals surface area contributed by atoms with Crippen molar-refractivity contribution in [1.82, 2.24) is 25.2 Å². The molecule has 0 radical (unpaired) electrons. The molecule has 0 bridgehead atoms. The van der Waals surface area contributed by atoms with E-state index in [1.165, 1.54) is 11.1 Å². The number of hydrogen-bond acceptors (Lipinski definition) is 6. The molecule has 0 saturated heterocycles. The van der Waals surface area contributed by atoms with Gasteiger partial charge in [-0.1, -0.05) is 53.7 Å². The second kappa shape index (κ2) is 7.80. The van der Waals surface area contributed by atoms with Gasteiger partial charge in [-0.3, -0.25) is 0 Å². The lowest BCUT2D eigenvalue weighted by molar-refractivity contribution is 0.751. The average Bonchev–Trinajstić information content (AvgIpc) is 3.32. The fourth-order valence-corrected chi connectivity index (χ4v) is 4.68. The van der Waals surface area contributed by atoms with Crippen LogP contribution in [0.1, 0.15) is 16.8 Å². The van der Waals surface area contributed by atoms with Crippen LogP contribution >= 0.6 is 34.7 Å². The smallest absolute Gasteiger partial charge is 0.214 e. The summed E-state index contributed by atoms with van der Waals surface area (Å²) in [6, 6.07) is 13.9. The zero-order valence-electron chi connectivity index (χ0n) is 14.8. The van der Waals surface area contributed by atoms with Crippen LogP contribution in [0.4, 0.5) is 0 Å². The number of thioether (sulfide) groups is 1. The van der Waals surface area contributed by atoms with Gasteiger partial charge < -0.3 is 0 Å². The molecule has 2 aromatic carbocycles. The van der Waals surface area contributed by atoms with Crippen molar-refractivity contribution in [2.45, 2.75) is 24.8 Å². The number of aryl methyl sites for hydroxylation is 1. The molecule has 136 valence electrons. The van der Waals surface area contributed by atoms with Crippen molar-refractivity contribution < 1.29 is 0 Å². The van der Waals surface area contributed by atoms with Crippen molar-refractivity contribution in [3.63, 3.8) is 0 Å². The molecule has 4 rings (SSSR count). The SMILES string of the molecule is Cc1cccc(-n2nnnc2SCc2csc(-c3ccccc3Cl)n2)c1C. The molecule has 0 unspecified atom stereocenters. The van der Waals surface area contributed by atoms with Crippen molar-refractivity contribution >= 4 is 34.7 Å². The summed E-state index contributed by atoms with van der Waals surface area (Å²) in [5.74, 6) is 0.687. The van der Waals surface area contributed by atoms with E-state index in [4.69, 9.17) is 16.6 Å². The normalized spacial score (nSPS) is 11.1. The Balaban J connectivity index is 1.54. The van der Waals surface area contributed by atoms with Crippen molar-refractivity contribution in [2.75, 3.05) is 0 Å². The van der Waals surface area contributed by atoms with Crippen LogP contribution in [0.15, 0.2) is 53.0 Å². The molecule has 0 aliphatic heterocycles. The maximum atomic E-state index is 6.27. The van der Waals surface area contributed by atoms with E-state index < -0.39 is 0 Å². The number of tetrazole rings is 1. The maximum absolute atomic E-state index is 6.27. The molecule has 2 heterocycles. The van der Waals surface area contributed by atoms with Crippen LogP contribution in [0.3, 0.4) is 0 Å². The summed E-state index contributed by atoms with van der Waals surface area (Å²) in [6.07, 6.45) is 0. The largest absolute Gasteiger partial charge is 0.240 e. The fraction of sp³-hybridized carbons (Fsp3) is 0.158. The Morgan fingerprint density at radius 2 is 1.96 bits per heavy atom. The summed E-state index contributed by atoms with van der Waals surface area (Å²) in [5.41, 5.74) is 5.32. The minimum Gasteiger partial charge on any atom is -0.240 e. The van der Waals surface area contributed by atoms with Gasteiger partial charge in [0.2, 0.25) is 5.16 Å². The second-order valence-electron chi connectivity index (χ2n) is 6.00. The molecule has 0 aliphatic carbocycles. The van der Waals surface area contributed by atoms with E-state index in [1.807, 2.05) is 36.4 Å². The van der Waals surface area contributed by atoms with E-state index in [9.17, 15) is 0 Å². The van der Waals surface area contributed by atoms with Crippen LogP contribution in [-0.2, 0) is 5.75 Å². The highest BCUT2D eigenvalue weighted by Gasteiger charge is 2.14. The molecule has 0 saturated carbocycles. The molecule has 4 aromatic rings. The zero-order valence-corrected chi connectivity index (χ0v) is 17.1. The van der Waals surface area contributed by atoms with E-state index >= 15 is 0 Å². The lowest BCUT2D eigenvalue weighted by Gasteiger charge is -2.09. The molecule has 8 heteroatoms. The predicted octanol–water partition coefficient (Wildman–Crippen LogP) is 5.35. The molecular weight excluding hydrogens is 398 g/mol. The van der Waals surface area contributed by atoms with Gasteiger partial charge in [-0.25, -0.2) is 4.98 Å². The Morgan fingerprint density at radius 3 is 2.81 bits per heavy atom. The van der Waals surface area contributed by atoms with Gasteiger partial charge in [-0.2, -0.15) is 4.68 Å². The van der Waals surface area contributed by atoms with Crippen molar-refractivity contribution in [3.8, 4) is 16.3 Å². The van der Waals surface area contributed by atoms with Crippen molar-refractivity contribution in [3.05, 3.63) is 69.7 Å². The van der Waals surface area contributed by atoms with Gasteiger partial charge in [0, 0.05) is 16.7 Å². The van der Waals surface area contributed by atoms with Crippen molar-refractivity contribution in [2.24, 2.45) is 0 Å². The van der Waals surface area contributed by atoms with Gasteiger partial charge in [0.15, 0.2) is 0 Å². The summed E-state index contributed by atoms with van der Waals surface area (Å²) in [5, 5.41) is 16.6. The molecule has 2 aromatic heterocycles. The van der Waals surface area contributed by atoms with Gasteiger partial charge in [-0.15, -0.1) is 16.4 Å². The first-order valence-corrected chi connectivity index (χ1v) is 10.5. The van der Waals surface area contributed by atoms with E-state index in [1.54, 1.807) is 27.8 Å². The van der Waals surface area contributed by atoms with E-state index in [2.05, 4.69) is 40.8 Å². The number of hydrogen-bond donors (Lipinski definition) is 0. The number of benzene rings is 2. The molecule has 27 heavy (non-hydrogen) atoms. The van der Waals surface area contributed by atoms with Crippen LogP contribution in [0.25, 0.3) is 16.3 Å². The molecule has 0 amide bonds. The van der Waals surface area contributed by atoms with Crippen LogP contribution < -0.4 is 0 Å². The highest BCUT2D eigenvalue weighted by molar-refractivity contribution is 7.98. The zero-order chi connectivity index (χ0) is 18.8. The average molecular weight is 414 g/mol. The molecule has 0 N–H and O–H groups in total. The first-order chi connectivity index (χ1) is 13.1. The molecular formula is C19H16ClN5S2. The summed E-state index contributed by atoms with van der Waals surface area (Å²) in [7, 11) is 0.